The van der Waals surface area contributed by atoms with Crippen LogP contribution in [0.3, 0.4) is 0 Å². The number of aromatic nitrogens is 1. The third kappa shape index (κ3) is 2.97. The summed E-state index contributed by atoms with van der Waals surface area (Å²) in [6.07, 6.45) is 1.52. The van der Waals surface area contributed by atoms with Crippen LogP contribution in [0.15, 0.2) is 28.8 Å². The zero-order valence-corrected chi connectivity index (χ0v) is 10.8. The van der Waals surface area contributed by atoms with Gasteiger partial charge in [-0.3, -0.25) is 10.1 Å². The van der Waals surface area contributed by atoms with Gasteiger partial charge < -0.3 is 9.73 Å². The number of nitrogens with one attached hydrogen (secondary N) is 1. The fraction of sp³-hybridized carbons (Fsp3) is 0.308. The Morgan fingerprint density at radius 2 is 2.26 bits per heavy atom. The number of rotatable bonds is 5. The van der Waals surface area contributed by atoms with Crippen molar-refractivity contribution < 1.29 is 9.34 Å². The number of benzene rings is 1. The van der Waals surface area contributed by atoms with E-state index in [1.54, 1.807) is 12.1 Å². The van der Waals surface area contributed by atoms with Gasteiger partial charge in [-0.05, 0) is 25.1 Å². The molecule has 0 fully saturated rings. The number of hydrogen-bond donors (Lipinski definition) is 1. The van der Waals surface area contributed by atoms with Gasteiger partial charge >= 0.3 is 0 Å². The van der Waals surface area contributed by atoms with Crippen molar-refractivity contribution in [1.29, 1.82) is 0 Å². The maximum Gasteiger partial charge on any atom is 0.280 e. The number of nitrogens with zero attached hydrogens (tertiary/aromatic N) is 2. The van der Waals surface area contributed by atoms with E-state index in [4.69, 9.17) is 4.42 Å². The number of nitro benzene ring substituents is 1. The summed E-state index contributed by atoms with van der Waals surface area (Å²) in [5.74, 6) is 0.941. The van der Waals surface area contributed by atoms with Crippen LogP contribution < -0.4 is 5.32 Å². The van der Waals surface area contributed by atoms with Gasteiger partial charge in [0.15, 0.2) is 5.76 Å². The highest BCUT2D eigenvalue weighted by molar-refractivity contribution is 5.69. The van der Waals surface area contributed by atoms with Gasteiger partial charge in [-0.2, -0.15) is 0 Å². The van der Waals surface area contributed by atoms with Gasteiger partial charge in [0.1, 0.15) is 0 Å². The summed E-state index contributed by atoms with van der Waals surface area (Å²) < 4.78 is 5.54. The van der Waals surface area contributed by atoms with E-state index in [1.807, 2.05) is 13.8 Å². The van der Waals surface area contributed by atoms with Gasteiger partial charge in [0.05, 0.1) is 23.2 Å². The summed E-state index contributed by atoms with van der Waals surface area (Å²) in [5, 5.41) is 14.1. The smallest absolute Gasteiger partial charge is 0.280 e. The van der Waals surface area contributed by atoms with E-state index < -0.39 is 4.92 Å². The topological polar surface area (TPSA) is 81.2 Å². The van der Waals surface area contributed by atoms with Gasteiger partial charge in [-0.15, -0.1) is 0 Å². The van der Waals surface area contributed by atoms with Crippen molar-refractivity contribution in [3.05, 3.63) is 46.0 Å². The number of oxazole rings is 1. The Bertz CT molecular complexity index is 593. The molecule has 0 saturated heterocycles. The molecule has 0 unspecified atom stereocenters. The molecule has 2 aromatic rings. The fourth-order valence-corrected chi connectivity index (χ4v) is 1.75. The molecule has 1 N–H and O–H groups in total. The Balaban J connectivity index is 2.37. The lowest BCUT2D eigenvalue weighted by Gasteiger charge is -2.01. The second kappa shape index (κ2) is 5.62. The van der Waals surface area contributed by atoms with Crippen LogP contribution in [0.2, 0.25) is 0 Å². The minimum atomic E-state index is -0.415. The molecule has 0 aliphatic heterocycles. The highest BCUT2D eigenvalue weighted by Crippen LogP contribution is 2.31. The molecule has 6 heteroatoms. The van der Waals surface area contributed by atoms with Crippen LogP contribution in [0, 0.1) is 17.0 Å². The molecular weight excluding hydrogens is 246 g/mol. The van der Waals surface area contributed by atoms with Gasteiger partial charge in [-0.25, -0.2) is 4.98 Å². The molecule has 2 rings (SSSR count). The lowest BCUT2D eigenvalue weighted by atomic mass is 10.1. The molecule has 0 aliphatic rings. The summed E-state index contributed by atoms with van der Waals surface area (Å²) in [6, 6.07) is 4.92. The standard InChI is InChI=1S/C13H15N3O3/c1-3-14-8-13-15-7-12(19-13)10-6-9(2)4-5-11(10)16(17)18/h4-7,14H,3,8H2,1-2H3. The normalized spacial score (nSPS) is 10.6. The molecule has 0 atom stereocenters. The molecule has 0 saturated carbocycles. The molecule has 1 heterocycles. The number of hydrogen-bond acceptors (Lipinski definition) is 5. The van der Waals surface area contributed by atoms with Gasteiger partial charge in [0.25, 0.3) is 5.69 Å². The van der Waals surface area contributed by atoms with E-state index in [0.29, 0.717) is 23.8 Å². The Hall–Kier alpha value is -2.21. The molecule has 0 amide bonds. The van der Waals surface area contributed by atoms with Crippen LogP contribution in [-0.4, -0.2) is 16.5 Å². The predicted molar refractivity (Wildman–Crippen MR) is 70.7 cm³/mol. The lowest BCUT2D eigenvalue weighted by Crippen LogP contribution is -2.11. The van der Waals surface area contributed by atoms with Crippen LogP contribution in [0.4, 0.5) is 5.69 Å². The van der Waals surface area contributed by atoms with Crippen molar-refractivity contribution in [2.75, 3.05) is 6.54 Å². The molecule has 100 valence electrons. The Labute approximate surface area is 110 Å². The molecule has 19 heavy (non-hydrogen) atoms. The van der Waals surface area contributed by atoms with Crippen molar-refractivity contribution in [2.45, 2.75) is 20.4 Å². The largest absolute Gasteiger partial charge is 0.439 e. The van der Waals surface area contributed by atoms with Gasteiger partial charge in [-0.1, -0.05) is 13.0 Å². The third-order valence-electron chi connectivity index (χ3n) is 2.69. The average Bonchev–Trinajstić information content (AvgIpc) is 2.84. The summed E-state index contributed by atoms with van der Waals surface area (Å²) in [4.78, 5) is 14.7. The van der Waals surface area contributed by atoms with E-state index in [9.17, 15) is 10.1 Å². The van der Waals surface area contributed by atoms with E-state index in [0.717, 1.165) is 12.1 Å². The maximum absolute atomic E-state index is 11.0. The number of aryl methyl sites for hydroxylation is 1. The first-order valence-electron chi connectivity index (χ1n) is 6.02. The second-order valence-electron chi connectivity index (χ2n) is 4.18. The minimum absolute atomic E-state index is 0.0248. The summed E-state index contributed by atoms with van der Waals surface area (Å²) in [6.45, 7) is 5.18. The van der Waals surface area contributed by atoms with Crippen molar-refractivity contribution >= 4 is 5.69 Å². The van der Waals surface area contributed by atoms with Crippen molar-refractivity contribution in [3.63, 3.8) is 0 Å². The Morgan fingerprint density at radius 1 is 1.47 bits per heavy atom. The monoisotopic (exact) mass is 261 g/mol. The zero-order chi connectivity index (χ0) is 13.8. The third-order valence-corrected chi connectivity index (χ3v) is 2.69. The van der Waals surface area contributed by atoms with E-state index in [2.05, 4.69) is 10.3 Å². The van der Waals surface area contributed by atoms with E-state index in [-0.39, 0.29) is 5.69 Å². The average molecular weight is 261 g/mol. The highest BCUT2D eigenvalue weighted by Gasteiger charge is 2.18. The van der Waals surface area contributed by atoms with Crippen molar-refractivity contribution in [1.82, 2.24) is 10.3 Å². The van der Waals surface area contributed by atoms with Crippen molar-refractivity contribution in [2.24, 2.45) is 0 Å². The molecule has 1 aromatic carbocycles. The summed E-state index contributed by atoms with van der Waals surface area (Å²) >= 11 is 0. The van der Waals surface area contributed by atoms with Crippen LogP contribution in [0.5, 0.6) is 0 Å². The maximum atomic E-state index is 11.0. The Morgan fingerprint density at radius 3 is 2.95 bits per heavy atom. The fourth-order valence-electron chi connectivity index (χ4n) is 1.75. The van der Waals surface area contributed by atoms with Crippen LogP contribution in [0.1, 0.15) is 18.4 Å². The first kappa shape index (κ1) is 13.2. The van der Waals surface area contributed by atoms with E-state index >= 15 is 0 Å². The molecule has 0 radical (unpaired) electrons. The predicted octanol–water partition coefficient (Wildman–Crippen LogP) is 2.67. The number of nitro groups is 1. The molecule has 0 bridgehead atoms. The van der Waals surface area contributed by atoms with Crippen molar-refractivity contribution in [3.8, 4) is 11.3 Å². The SMILES string of the molecule is CCNCc1ncc(-c2cc(C)ccc2[N+](=O)[O-])o1. The zero-order valence-electron chi connectivity index (χ0n) is 10.8. The van der Waals surface area contributed by atoms with Gasteiger partial charge in [0, 0.05) is 6.07 Å². The van der Waals surface area contributed by atoms with Crippen LogP contribution >= 0.6 is 0 Å². The molecule has 0 aliphatic carbocycles. The molecule has 6 nitrogen and oxygen atoms in total. The molecular formula is C13H15N3O3. The first-order valence-corrected chi connectivity index (χ1v) is 6.02. The Kier molecular flexibility index (Phi) is 3.91. The van der Waals surface area contributed by atoms with Crippen LogP contribution in [-0.2, 0) is 6.54 Å². The van der Waals surface area contributed by atoms with E-state index in [1.165, 1.54) is 12.3 Å². The summed E-state index contributed by atoms with van der Waals surface area (Å²) in [5.41, 5.74) is 1.42. The minimum Gasteiger partial charge on any atom is -0.439 e. The van der Waals surface area contributed by atoms with Gasteiger partial charge in [0.2, 0.25) is 5.89 Å². The molecule has 0 spiro atoms. The summed E-state index contributed by atoms with van der Waals surface area (Å²) in [7, 11) is 0. The second-order valence-corrected chi connectivity index (χ2v) is 4.18. The molecule has 1 aromatic heterocycles. The lowest BCUT2D eigenvalue weighted by molar-refractivity contribution is -0.384. The first-order chi connectivity index (χ1) is 9.11. The highest BCUT2D eigenvalue weighted by atomic mass is 16.6. The van der Waals surface area contributed by atoms with Crippen LogP contribution in [0.25, 0.3) is 11.3 Å². The quantitative estimate of drug-likeness (QED) is 0.661.